The molecule has 0 N–H and O–H groups in total. The van der Waals surface area contributed by atoms with E-state index in [-0.39, 0.29) is 0 Å². The number of para-hydroxylation sites is 2. The maximum atomic E-state index is 5.19. The zero-order valence-corrected chi connectivity index (χ0v) is 30.6. The number of aromatic nitrogens is 7. The second-order valence-corrected chi connectivity index (χ2v) is 14.7. The molecule has 4 heterocycles. The van der Waals surface area contributed by atoms with Gasteiger partial charge in [0, 0.05) is 58.8 Å². The van der Waals surface area contributed by atoms with Crippen molar-refractivity contribution >= 4 is 53.3 Å². The summed E-state index contributed by atoms with van der Waals surface area (Å²) in [5.41, 5.74) is 6.76. The van der Waals surface area contributed by atoms with Crippen LogP contribution in [0.15, 0.2) is 176 Å². The van der Waals surface area contributed by atoms with Crippen molar-refractivity contribution in [2.75, 3.05) is 0 Å². The summed E-state index contributed by atoms with van der Waals surface area (Å²) >= 11 is 1.75. The Morgan fingerprint density at radius 3 is 1.29 bits per heavy atom. The number of benzene rings is 7. The first-order chi connectivity index (χ1) is 27.7. The van der Waals surface area contributed by atoms with E-state index >= 15 is 0 Å². The van der Waals surface area contributed by atoms with E-state index in [1.807, 2.05) is 91.0 Å². The van der Waals surface area contributed by atoms with Crippen LogP contribution in [0.4, 0.5) is 0 Å². The Kier molecular flexibility index (Phi) is 7.53. The summed E-state index contributed by atoms with van der Waals surface area (Å²) < 4.78 is 4.46. The SMILES string of the molecule is c1ccc(-c2nc(-c3ccccc3)nc(-c3ccc4c(c3)sc3ccc(-c5nc(-c6ccccc6)nc(-n6c7ccccc7c7ccccc76)n5)cc34)n2)cc1. The van der Waals surface area contributed by atoms with Crippen LogP contribution in [-0.4, -0.2) is 34.5 Å². The summed E-state index contributed by atoms with van der Waals surface area (Å²) in [7, 11) is 0. The van der Waals surface area contributed by atoms with Crippen molar-refractivity contribution in [1.29, 1.82) is 0 Å². The summed E-state index contributed by atoms with van der Waals surface area (Å²) in [6.45, 7) is 0. The van der Waals surface area contributed by atoms with Crippen LogP contribution in [0.5, 0.6) is 0 Å². The average Bonchev–Trinajstić information content (AvgIpc) is 3.82. The molecule has 0 saturated heterocycles. The van der Waals surface area contributed by atoms with Crippen molar-refractivity contribution in [2.45, 2.75) is 0 Å². The van der Waals surface area contributed by atoms with Crippen LogP contribution >= 0.6 is 11.3 Å². The van der Waals surface area contributed by atoms with Gasteiger partial charge in [0.15, 0.2) is 29.1 Å². The fourth-order valence-electron chi connectivity index (χ4n) is 7.44. The molecule has 0 aliphatic carbocycles. The molecule has 0 atom stereocenters. The number of fused-ring (bicyclic) bond motifs is 6. The van der Waals surface area contributed by atoms with Gasteiger partial charge in [-0.15, -0.1) is 11.3 Å². The van der Waals surface area contributed by atoms with Crippen LogP contribution in [0, 0.1) is 0 Å². The van der Waals surface area contributed by atoms with Gasteiger partial charge < -0.3 is 0 Å². The number of rotatable bonds is 6. The lowest BCUT2D eigenvalue weighted by Gasteiger charge is -2.11. The third kappa shape index (κ3) is 5.51. The molecule has 262 valence electrons. The molecule has 0 aliphatic heterocycles. The minimum Gasteiger partial charge on any atom is -0.278 e. The Balaban J connectivity index is 1.05. The molecule has 0 unspecified atom stereocenters. The molecule has 7 aromatic carbocycles. The predicted octanol–water partition coefficient (Wildman–Crippen LogP) is 11.9. The Morgan fingerprint density at radius 1 is 0.304 bits per heavy atom. The molecule has 0 spiro atoms. The zero-order valence-electron chi connectivity index (χ0n) is 29.8. The first kappa shape index (κ1) is 32.0. The van der Waals surface area contributed by atoms with Gasteiger partial charge in [-0.2, -0.15) is 9.97 Å². The largest absolute Gasteiger partial charge is 0.278 e. The van der Waals surface area contributed by atoms with E-state index in [1.165, 1.54) is 4.70 Å². The molecule has 56 heavy (non-hydrogen) atoms. The molecule has 0 amide bonds. The van der Waals surface area contributed by atoms with Crippen LogP contribution in [0.3, 0.4) is 0 Å². The van der Waals surface area contributed by atoms with Gasteiger partial charge in [-0.1, -0.05) is 140 Å². The van der Waals surface area contributed by atoms with Crippen molar-refractivity contribution in [3.63, 3.8) is 0 Å². The molecule has 0 radical (unpaired) electrons. The van der Waals surface area contributed by atoms with E-state index < -0.39 is 0 Å². The highest BCUT2D eigenvalue weighted by Crippen LogP contribution is 2.39. The summed E-state index contributed by atoms with van der Waals surface area (Å²) in [5.74, 6) is 3.73. The highest BCUT2D eigenvalue weighted by atomic mass is 32.1. The average molecular weight is 736 g/mol. The number of hydrogen-bond acceptors (Lipinski definition) is 7. The molecule has 11 aromatic rings. The van der Waals surface area contributed by atoms with Crippen LogP contribution < -0.4 is 0 Å². The van der Waals surface area contributed by atoms with Gasteiger partial charge in [-0.3, -0.25) is 4.57 Å². The third-order valence-electron chi connectivity index (χ3n) is 10.1. The van der Waals surface area contributed by atoms with Crippen molar-refractivity contribution in [3.8, 4) is 62.9 Å². The molecular formula is C48H29N7S. The van der Waals surface area contributed by atoms with Gasteiger partial charge in [0.1, 0.15) is 0 Å². The van der Waals surface area contributed by atoms with Crippen molar-refractivity contribution in [1.82, 2.24) is 34.5 Å². The Labute approximate surface area is 325 Å². The minimum absolute atomic E-state index is 0.577. The summed E-state index contributed by atoms with van der Waals surface area (Å²) in [6, 6.07) is 60.0. The topological polar surface area (TPSA) is 82.3 Å². The quantitative estimate of drug-likeness (QED) is 0.169. The molecule has 0 fully saturated rings. The zero-order chi connectivity index (χ0) is 37.0. The molecule has 11 rings (SSSR count). The standard InChI is InChI=1S/C48H29N7S/c1-4-14-30(15-5-1)43-49-44(31-16-6-2-7-17-31)51-46(50-43)34-24-26-37-38-28-33(25-27-41(38)56-42(37)29-34)47-52-45(32-18-8-3-9-19-32)53-48(54-47)55-39-22-12-10-20-35(39)36-21-11-13-23-40(36)55/h1-29H. The molecule has 0 aliphatic rings. The monoisotopic (exact) mass is 735 g/mol. The van der Waals surface area contributed by atoms with Gasteiger partial charge >= 0.3 is 0 Å². The van der Waals surface area contributed by atoms with Gasteiger partial charge in [-0.25, -0.2) is 19.9 Å². The third-order valence-corrected chi connectivity index (χ3v) is 11.3. The van der Waals surface area contributed by atoms with Gasteiger partial charge in [0.05, 0.1) is 11.0 Å². The summed E-state index contributed by atoms with van der Waals surface area (Å²) in [5, 5.41) is 4.60. The van der Waals surface area contributed by atoms with Crippen LogP contribution in [0.2, 0.25) is 0 Å². The van der Waals surface area contributed by atoms with Crippen LogP contribution in [-0.2, 0) is 0 Å². The van der Waals surface area contributed by atoms with Gasteiger partial charge in [-0.05, 0) is 36.4 Å². The molecule has 0 saturated carbocycles. The summed E-state index contributed by atoms with van der Waals surface area (Å²) in [4.78, 5) is 30.2. The van der Waals surface area contributed by atoms with Crippen LogP contribution in [0.25, 0.3) is 105 Å². The number of hydrogen-bond donors (Lipinski definition) is 0. The lowest BCUT2D eigenvalue weighted by atomic mass is 10.1. The lowest BCUT2D eigenvalue weighted by molar-refractivity contribution is 0.954. The van der Waals surface area contributed by atoms with Crippen LogP contribution in [0.1, 0.15) is 0 Å². The fourth-order valence-corrected chi connectivity index (χ4v) is 8.57. The second-order valence-electron chi connectivity index (χ2n) is 13.6. The fraction of sp³-hybridized carbons (Fsp3) is 0. The molecule has 8 heteroatoms. The highest BCUT2D eigenvalue weighted by molar-refractivity contribution is 7.25. The number of thiophene rings is 1. The maximum Gasteiger partial charge on any atom is 0.238 e. The van der Waals surface area contributed by atoms with Crippen molar-refractivity contribution < 1.29 is 0 Å². The maximum absolute atomic E-state index is 5.19. The van der Waals surface area contributed by atoms with E-state index in [4.69, 9.17) is 29.9 Å². The van der Waals surface area contributed by atoms with Crippen molar-refractivity contribution in [2.24, 2.45) is 0 Å². The predicted molar refractivity (Wildman–Crippen MR) is 228 cm³/mol. The summed E-state index contributed by atoms with van der Waals surface area (Å²) in [6.07, 6.45) is 0. The molecule has 0 bridgehead atoms. The smallest absolute Gasteiger partial charge is 0.238 e. The minimum atomic E-state index is 0.577. The van der Waals surface area contributed by atoms with Gasteiger partial charge in [0.25, 0.3) is 0 Å². The van der Waals surface area contributed by atoms with Crippen molar-refractivity contribution in [3.05, 3.63) is 176 Å². The second kappa shape index (κ2) is 13.2. The Bertz CT molecular complexity index is 3140. The Morgan fingerprint density at radius 2 is 0.732 bits per heavy atom. The normalized spacial score (nSPS) is 11.6. The highest BCUT2D eigenvalue weighted by Gasteiger charge is 2.19. The molecule has 7 nitrogen and oxygen atoms in total. The van der Waals surface area contributed by atoms with E-state index in [0.717, 1.165) is 65.1 Å². The van der Waals surface area contributed by atoms with E-state index in [0.29, 0.717) is 35.1 Å². The van der Waals surface area contributed by atoms with E-state index in [9.17, 15) is 0 Å². The lowest BCUT2D eigenvalue weighted by Crippen LogP contribution is -2.06. The Hall–Kier alpha value is -7.42. The van der Waals surface area contributed by atoms with Gasteiger partial charge in [0.2, 0.25) is 5.95 Å². The first-order valence-corrected chi connectivity index (χ1v) is 19.2. The van der Waals surface area contributed by atoms with E-state index in [2.05, 4.69) is 89.5 Å². The van der Waals surface area contributed by atoms with E-state index in [1.54, 1.807) is 11.3 Å². The number of nitrogens with zero attached hydrogens (tertiary/aromatic N) is 7. The molecule has 4 aromatic heterocycles. The first-order valence-electron chi connectivity index (χ1n) is 18.4. The molecular weight excluding hydrogens is 707 g/mol.